The molecular weight excluding hydrogens is 244 g/mol. The first-order valence-corrected chi connectivity index (χ1v) is 6.99. The normalized spacial score (nSPS) is 27.4. The number of fused-ring (bicyclic) bond motifs is 1. The van der Waals surface area contributed by atoms with E-state index in [1.165, 1.54) is 12.8 Å². The van der Waals surface area contributed by atoms with Gasteiger partial charge in [0, 0.05) is 25.4 Å². The Morgan fingerprint density at radius 1 is 1.37 bits per heavy atom. The maximum absolute atomic E-state index is 11.0. The number of nitrogens with zero attached hydrogens (tertiary/aromatic N) is 4. The fourth-order valence-electron chi connectivity index (χ4n) is 3.20. The number of carboxylic acid groups (broad SMARTS) is 1. The molecule has 1 aromatic heterocycles. The van der Waals surface area contributed by atoms with Crippen LogP contribution < -0.4 is 0 Å². The third-order valence-corrected chi connectivity index (χ3v) is 4.47. The number of likely N-dealkylation sites (N-methyl/N-ethyl adjacent to an activating group) is 1. The largest absolute Gasteiger partial charge is 0.481 e. The van der Waals surface area contributed by atoms with Crippen LogP contribution in [0.2, 0.25) is 0 Å². The Hall–Kier alpha value is -1.43. The second-order valence-corrected chi connectivity index (χ2v) is 5.69. The van der Waals surface area contributed by atoms with Crippen molar-refractivity contribution in [2.75, 3.05) is 13.6 Å². The van der Waals surface area contributed by atoms with Gasteiger partial charge in [0.25, 0.3) is 0 Å². The van der Waals surface area contributed by atoms with Gasteiger partial charge in [-0.1, -0.05) is 0 Å². The summed E-state index contributed by atoms with van der Waals surface area (Å²) in [6.07, 6.45) is 4.61. The van der Waals surface area contributed by atoms with E-state index in [-0.39, 0.29) is 5.92 Å². The molecule has 0 radical (unpaired) electrons. The fraction of sp³-hybridized carbons (Fsp3) is 0.769. The predicted molar refractivity (Wildman–Crippen MR) is 68.8 cm³/mol. The molecule has 6 heteroatoms. The number of aromatic nitrogens is 3. The summed E-state index contributed by atoms with van der Waals surface area (Å²) in [5, 5.41) is 17.5. The van der Waals surface area contributed by atoms with Crippen LogP contribution in [-0.2, 0) is 24.2 Å². The van der Waals surface area contributed by atoms with Gasteiger partial charge in [0.1, 0.15) is 11.6 Å². The van der Waals surface area contributed by atoms with Gasteiger partial charge in [-0.15, -0.1) is 10.2 Å². The van der Waals surface area contributed by atoms with Crippen molar-refractivity contribution in [2.45, 2.75) is 44.7 Å². The molecule has 3 rings (SSSR count). The van der Waals surface area contributed by atoms with Crippen molar-refractivity contribution in [1.82, 2.24) is 19.7 Å². The molecule has 0 bridgehead atoms. The molecule has 1 fully saturated rings. The zero-order chi connectivity index (χ0) is 13.4. The molecule has 1 N–H and O–H groups in total. The van der Waals surface area contributed by atoms with E-state index in [0.29, 0.717) is 18.9 Å². The minimum atomic E-state index is -0.716. The van der Waals surface area contributed by atoms with Crippen LogP contribution in [0.1, 0.15) is 30.9 Å². The van der Waals surface area contributed by atoms with Gasteiger partial charge in [-0.3, -0.25) is 4.79 Å². The summed E-state index contributed by atoms with van der Waals surface area (Å²) in [4.78, 5) is 13.4. The third kappa shape index (κ3) is 2.36. The van der Waals surface area contributed by atoms with Gasteiger partial charge in [0.05, 0.1) is 5.92 Å². The molecule has 6 nitrogen and oxygen atoms in total. The van der Waals surface area contributed by atoms with Gasteiger partial charge >= 0.3 is 5.97 Å². The molecule has 0 amide bonds. The average molecular weight is 264 g/mol. The van der Waals surface area contributed by atoms with Crippen LogP contribution in [0.25, 0.3) is 0 Å². The van der Waals surface area contributed by atoms with Crippen LogP contribution >= 0.6 is 0 Å². The maximum atomic E-state index is 11.0. The highest BCUT2D eigenvalue weighted by Crippen LogP contribution is 2.23. The lowest BCUT2D eigenvalue weighted by Crippen LogP contribution is -2.30. The second-order valence-electron chi connectivity index (χ2n) is 5.69. The lowest BCUT2D eigenvalue weighted by Gasteiger charge is -2.23. The zero-order valence-corrected chi connectivity index (χ0v) is 11.2. The zero-order valence-electron chi connectivity index (χ0n) is 11.2. The number of aliphatic carboxylic acids is 1. The van der Waals surface area contributed by atoms with Gasteiger partial charge in [-0.25, -0.2) is 0 Å². The predicted octanol–water partition coefficient (Wildman–Crippen LogP) is 0.562. The van der Waals surface area contributed by atoms with Crippen LogP contribution in [0.3, 0.4) is 0 Å². The first-order chi connectivity index (χ1) is 9.15. The van der Waals surface area contributed by atoms with E-state index in [2.05, 4.69) is 26.7 Å². The molecule has 2 aliphatic heterocycles. The molecule has 0 saturated carbocycles. The monoisotopic (exact) mass is 264 g/mol. The minimum Gasteiger partial charge on any atom is -0.481 e. The number of hydrogen-bond donors (Lipinski definition) is 1. The van der Waals surface area contributed by atoms with Crippen LogP contribution in [0.4, 0.5) is 0 Å². The van der Waals surface area contributed by atoms with Crippen molar-refractivity contribution < 1.29 is 9.90 Å². The molecule has 2 atom stereocenters. The number of rotatable bonds is 3. The van der Waals surface area contributed by atoms with Crippen LogP contribution in [0.15, 0.2) is 0 Å². The van der Waals surface area contributed by atoms with Crippen LogP contribution in [0.5, 0.6) is 0 Å². The Labute approximate surface area is 112 Å². The quantitative estimate of drug-likeness (QED) is 0.864. The molecule has 0 aliphatic carbocycles. The number of hydrogen-bond acceptors (Lipinski definition) is 4. The van der Waals surface area contributed by atoms with Crippen molar-refractivity contribution in [3.8, 4) is 0 Å². The van der Waals surface area contributed by atoms with Crippen LogP contribution in [-0.4, -0.2) is 50.4 Å². The molecule has 0 aromatic carbocycles. The van der Waals surface area contributed by atoms with Crippen molar-refractivity contribution in [3.63, 3.8) is 0 Å². The summed E-state index contributed by atoms with van der Waals surface area (Å²) in [7, 11) is 2.16. The smallest absolute Gasteiger partial charge is 0.307 e. The van der Waals surface area contributed by atoms with E-state index in [9.17, 15) is 4.79 Å². The van der Waals surface area contributed by atoms with E-state index in [1.807, 2.05) is 0 Å². The number of carbonyl (C=O) groups is 1. The molecule has 3 heterocycles. The Balaban J connectivity index is 1.73. The summed E-state index contributed by atoms with van der Waals surface area (Å²) in [6, 6.07) is 0.561. The summed E-state index contributed by atoms with van der Waals surface area (Å²) in [6.45, 7) is 1.90. The number of likely N-dealkylation sites (tertiary alicyclic amines) is 1. The highest BCUT2D eigenvalue weighted by Gasteiger charge is 2.29. The molecular formula is C13H20N4O2. The third-order valence-electron chi connectivity index (χ3n) is 4.47. The van der Waals surface area contributed by atoms with E-state index < -0.39 is 5.97 Å². The Kier molecular flexibility index (Phi) is 3.26. The molecule has 1 saturated heterocycles. The Bertz CT molecular complexity index is 485. The van der Waals surface area contributed by atoms with Gasteiger partial charge in [0.15, 0.2) is 0 Å². The van der Waals surface area contributed by atoms with E-state index >= 15 is 0 Å². The van der Waals surface area contributed by atoms with Crippen molar-refractivity contribution in [1.29, 1.82) is 0 Å². The van der Waals surface area contributed by atoms with E-state index in [1.54, 1.807) is 0 Å². The molecule has 0 spiro atoms. The van der Waals surface area contributed by atoms with Gasteiger partial charge < -0.3 is 14.6 Å². The lowest BCUT2D eigenvalue weighted by atomic mass is 9.98. The summed E-state index contributed by atoms with van der Waals surface area (Å²) < 4.78 is 2.13. The van der Waals surface area contributed by atoms with Gasteiger partial charge in [0.2, 0.25) is 0 Å². The molecule has 19 heavy (non-hydrogen) atoms. The van der Waals surface area contributed by atoms with E-state index in [0.717, 1.165) is 31.2 Å². The van der Waals surface area contributed by atoms with Gasteiger partial charge in [-0.2, -0.15) is 0 Å². The second kappa shape index (κ2) is 4.92. The van der Waals surface area contributed by atoms with Crippen LogP contribution in [0, 0.1) is 5.92 Å². The summed E-state index contributed by atoms with van der Waals surface area (Å²) >= 11 is 0. The Morgan fingerprint density at radius 3 is 2.89 bits per heavy atom. The first-order valence-electron chi connectivity index (χ1n) is 6.99. The maximum Gasteiger partial charge on any atom is 0.307 e. The van der Waals surface area contributed by atoms with Crippen molar-refractivity contribution >= 4 is 5.97 Å². The molecule has 2 aliphatic rings. The standard InChI is InChI=1S/C13H20N4O2/c1-16-5-2-3-10(16)8-12-15-14-11-7-9(13(18)19)4-6-17(11)12/h9-10H,2-8H2,1H3,(H,18,19). The highest BCUT2D eigenvalue weighted by molar-refractivity contribution is 5.70. The molecule has 104 valence electrons. The first kappa shape index (κ1) is 12.6. The molecule has 2 unspecified atom stereocenters. The fourth-order valence-corrected chi connectivity index (χ4v) is 3.20. The minimum absolute atomic E-state index is 0.293. The average Bonchev–Trinajstić information content (AvgIpc) is 2.97. The Morgan fingerprint density at radius 2 is 2.21 bits per heavy atom. The van der Waals surface area contributed by atoms with Crippen molar-refractivity contribution in [3.05, 3.63) is 11.6 Å². The molecule has 1 aromatic rings. The van der Waals surface area contributed by atoms with E-state index in [4.69, 9.17) is 5.11 Å². The summed E-state index contributed by atoms with van der Waals surface area (Å²) in [5.74, 6) is 0.858. The topological polar surface area (TPSA) is 71.2 Å². The summed E-state index contributed by atoms with van der Waals surface area (Å²) in [5.41, 5.74) is 0. The lowest BCUT2D eigenvalue weighted by molar-refractivity contribution is -0.142. The van der Waals surface area contributed by atoms with Crippen molar-refractivity contribution in [2.24, 2.45) is 5.92 Å². The van der Waals surface area contributed by atoms with Gasteiger partial charge in [-0.05, 0) is 32.9 Å². The SMILES string of the molecule is CN1CCCC1Cc1nnc2n1CCC(C(=O)O)C2. The highest BCUT2D eigenvalue weighted by atomic mass is 16.4. The number of carboxylic acids is 1.